The predicted molar refractivity (Wildman–Crippen MR) is 68.8 cm³/mol. The zero-order valence-electron chi connectivity index (χ0n) is 11.3. The Morgan fingerprint density at radius 1 is 1.50 bits per heavy atom. The molecule has 0 aromatic carbocycles. The van der Waals surface area contributed by atoms with Crippen molar-refractivity contribution < 1.29 is 4.74 Å². The number of hydrogen-bond donors (Lipinski definition) is 2. The van der Waals surface area contributed by atoms with E-state index in [1.165, 1.54) is 25.8 Å². The smallest absolute Gasteiger partial charge is 0.0750 e. The molecular weight excluding hydrogens is 200 g/mol. The van der Waals surface area contributed by atoms with Crippen molar-refractivity contribution in [3.63, 3.8) is 0 Å². The van der Waals surface area contributed by atoms with Gasteiger partial charge in [-0.25, -0.2) is 0 Å². The summed E-state index contributed by atoms with van der Waals surface area (Å²) in [5.41, 5.74) is -0.0495. The maximum atomic E-state index is 5.67. The van der Waals surface area contributed by atoms with E-state index < -0.39 is 0 Å². The molecule has 0 spiro atoms. The van der Waals surface area contributed by atoms with Gasteiger partial charge in [-0.05, 0) is 53.5 Å². The normalized spacial score (nSPS) is 23.6. The van der Waals surface area contributed by atoms with Crippen LogP contribution < -0.4 is 10.6 Å². The molecule has 0 aromatic heterocycles. The summed E-state index contributed by atoms with van der Waals surface area (Å²) in [5.74, 6) is 0. The van der Waals surface area contributed by atoms with Crippen molar-refractivity contribution in [3.8, 4) is 0 Å². The molecule has 96 valence electrons. The fourth-order valence-electron chi connectivity index (χ4n) is 2.33. The van der Waals surface area contributed by atoms with Crippen molar-refractivity contribution >= 4 is 0 Å². The summed E-state index contributed by atoms with van der Waals surface area (Å²) in [7, 11) is 0. The average Bonchev–Trinajstić information content (AvgIpc) is 2.68. The van der Waals surface area contributed by atoms with E-state index in [9.17, 15) is 0 Å². The Morgan fingerprint density at radius 2 is 2.25 bits per heavy atom. The van der Waals surface area contributed by atoms with Crippen LogP contribution in [0, 0.1) is 0 Å². The highest BCUT2D eigenvalue weighted by Gasteiger charge is 2.20. The largest absolute Gasteiger partial charge is 0.375 e. The van der Waals surface area contributed by atoms with E-state index in [1.54, 1.807) is 0 Å². The monoisotopic (exact) mass is 228 g/mol. The summed E-state index contributed by atoms with van der Waals surface area (Å²) < 4.78 is 5.67. The van der Waals surface area contributed by atoms with Gasteiger partial charge in [0.15, 0.2) is 0 Å². The fraction of sp³-hybridized carbons (Fsp3) is 1.00. The molecule has 1 saturated heterocycles. The molecule has 0 aromatic rings. The summed E-state index contributed by atoms with van der Waals surface area (Å²) in [5, 5.41) is 7.11. The van der Waals surface area contributed by atoms with Gasteiger partial charge in [-0.15, -0.1) is 0 Å². The van der Waals surface area contributed by atoms with Crippen molar-refractivity contribution in [2.75, 3.05) is 19.7 Å². The van der Waals surface area contributed by atoms with Gasteiger partial charge in [0.05, 0.1) is 5.60 Å². The second-order valence-electron chi connectivity index (χ2n) is 5.50. The van der Waals surface area contributed by atoms with Crippen LogP contribution in [0.5, 0.6) is 0 Å². The van der Waals surface area contributed by atoms with Gasteiger partial charge in [0.25, 0.3) is 0 Å². The summed E-state index contributed by atoms with van der Waals surface area (Å²) in [4.78, 5) is 0. The molecule has 1 fully saturated rings. The second-order valence-corrected chi connectivity index (χ2v) is 5.50. The predicted octanol–water partition coefficient (Wildman–Crippen LogP) is 1.92. The van der Waals surface area contributed by atoms with E-state index >= 15 is 0 Å². The van der Waals surface area contributed by atoms with Crippen LogP contribution >= 0.6 is 0 Å². The molecule has 16 heavy (non-hydrogen) atoms. The molecule has 0 amide bonds. The van der Waals surface area contributed by atoms with E-state index in [4.69, 9.17) is 4.74 Å². The van der Waals surface area contributed by atoms with Gasteiger partial charge in [0.2, 0.25) is 0 Å². The highest BCUT2D eigenvalue weighted by molar-refractivity contribution is 4.80. The van der Waals surface area contributed by atoms with Crippen LogP contribution in [0.2, 0.25) is 0 Å². The van der Waals surface area contributed by atoms with Crippen molar-refractivity contribution in [2.24, 2.45) is 0 Å². The molecule has 0 bridgehead atoms. The third-order valence-corrected chi connectivity index (χ3v) is 3.21. The number of ether oxygens (including phenoxy) is 1. The Kier molecular flexibility index (Phi) is 5.73. The molecule has 2 atom stereocenters. The van der Waals surface area contributed by atoms with Crippen molar-refractivity contribution in [2.45, 2.75) is 64.6 Å². The molecule has 1 rings (SSSR count). The lowest BCUT2D eigenvalue weighted by atomic mass is 10.1. The topological polar surface area (TPSA) is 33.3 Å². The summed E-state index contributed by atoms with van der Waals surface area (Å²) in [6, 6.07) is 1.29. The molecule has 0 saturated carbocycles. The molecular formula is C13H28N2O. The van der Waals surface area contributed by atoms with Crippen molar-refractivity contribution in [3.05, 3.63) is 0 Å². The summed E-state index contributed by atoms with van der Waals surface area (Å²) in [6.45, 7) is 11.5. The van der Waals surface area contributed by atoms with Gasteiger partial charge in [-0.3, -0.25) is 0 Å². The third-order valence-electron chi connectivity index (χ3n) is 3.21. The van der Waals surface area contributed by atoms with E-state index in [0.29, 0.717) is 6.04 Å². The maximum Gasteiger partial charge on any atom is 0.0750 e. The number of nitrogens with one attached hydrogen (secondary N) is 2. The van der Waals surface area contributed by atoms with Gasteiger partial charge in [0.1, 0.15) is 0 Å². The van der Waals surface area contributed by atoms with E-state index in [2.05, 4.69) is 31.4 Å². The fourth-order valence-corrected chi connectivity index (χ4v) is 2.33. The SMILES string of the molecule is CCOC(C)(C)CNC(C)CC1CCCN1. The Labute approximate surface area is 100 Å². The van der Waals surface area contributed by atoms with Crippen molar-refractivity contribution in [1.82, 2.24) is 10.6 Å². The molecule has 3 nitrogen and oxygen atoms in total. The van der Waals surface area contributed by atoms with Crippen LogP contribution in [0.25, 0.3) is 0 Å². The number of hydrogen-bond acceptors (Lipinski definition) is 3. The van der Waals surface area contributed by atoms with Gasteiger partial charge >= 0.3 is 0 Å². The lowest BCUT2D eigenvalue weighted by molar-refractivity contribution is -0.0105. The van der Waals surface area contributed by atoms with Crippen LogP contribution in [-0.2, 0) is 4.74 Å². The molecule has 0 aliphatic carbocycles. The Balaban J connectivity index is 2.15. The van der Waals surface area contributed by atoms with Crippen LogP contribution in [-0.4, -0.2) is 37.4 Å². The number of rotatable bonds is 7. The van der Waals surface area contributed by atoms with E-state index in [-0.39, 0.29) is 5.60 Å². The van der Waals surface area contributed by atoms with Gasteiger partial charge < -0.3 is 15.4 Å². The van der Waals surface area contributed by atoms with Crippen LogP contribution in [0.4, 0.5) is 0 Å². The molecule has 1 aliphatic rings. The zero-order chi connectivity index (χ0) is 12.0. The molecule has 1 aliphatic heterocycles. The minimum atomic E-state index is -0.0495. The highest BCUT2D eigenvalue weighted by Crippen LogP contribution is 2.12. The molecule has 0 radical (unpaired) electrons. The summed E-state index contributed by atoms with van der Waals surface area (Å²) in [6.07, 6.45) is 3.89. The van der Waals surface area contributed by atoms with E-state index in [0.717, 1.165) is 19.2 Å². The lowest BCUT2D eigenvalue weighted by Gasteiger charge is -2.28. The third kappa shape index (κ3) is 5.28. The average molecular weight is 228 g/mol. The van der Waals surface area contributed by atoms with Gasteiger partial charge in [-0.2, -0.15) is 0 Å². The first-order valence-corrected chi connectivity index (χ1v) is 6.64. The van der Waals surface area contributed by atoms with Gasteiger partial charge in [0, 0.05) is 25.2 Å². The Bertz CT molecular complexity index is 188. The van der Waals surface area contributed by atoms with Crippen LogP contribution in [0.15, 0.2) is 0 Å². The standard InChI is InChI=1S/C13H28N2O/c1-5-16-13(3,4)10-15-11(2)9-12-7-6-8-14-12/h11-12,14-15H,5-10H2,1-4H3. The first-order valence-electron chi connectivity index (χ1n) is 6.64. The molecule has 2 N–H and O–H groups in total. The molecule has 1 heterocycles. The van der Waals surface area contributed by atoms with Gasteiger partial charge in [-0.1, -0.05) is 0 Å². The quantitative estimate of drug-likeness (QED) is 0.698. The van der Waals surface area contributed by atoms with E-state index in [1.807, 2.05) is 6.92 Å². The summed E-state index contributed by atoms with van der Waals surface area (Å²) >= 11 is 0. The molecule has 3 heteroatoms. The highest BCUT2D eigenvalue weighted by atomic mass is 16.5. The first kappa shape index (κ1) is 13.9. The maximum absolute atomic E-state index is 5.67. The van der Waals surface area contributed by atoms with Crippen LogP contribution in [0.3, 0.4) is 0 Å². The minimum absolute atomic E-state index is 0.0495. The minimum Gasteiger partial charge on any atom is -0.375 e. The van der Waals surface area contributed by atoms with Crippen LogP contribution in [0.1, 0.15) is 47.0 Å². The molecule has 2 unspecified atom stereocenters. The Morgan fingerprint density at radius 3 is 2.81 bits per heavy atom. The lowest BCUT2D eigenvalue weighted by Crippen LogP contribution is -2.43. The second kappa shape index (κ2) is 6.58. The zero-order valence-corrected chi connectivity index (χ0v) is 11.3. The Hall–Kier alpha value is -0.120. The van der Waals surface area contributed by atoms with Crippen molar-refractivity contribution in [1.29, 1.82) is 0 Å². The first-order chi connectivity index (χ1) is 7.53.